The van der Waals surface area contributed by atoms with Gasteiger partial charge in [0.05, 0.1) is 41.2 Å². The van der Waals surface area contributed by atoms with Gasteiger partial charge in [-0.15, -0.1) is 11.3 Å². The summed E-state index contributed by atoms with van der Waals surface area (Å²) in [5, 5.41) is 18.3. The summed E-state index contributed by atoms with van der Waals surface area (Å²) >= 11 is 1.77. The molecule has 0 amide bonds. The lowest BCUT2D eigenvalue weighted by Crippen LogP contribution is -2.37. The molecule has 0 bridgehead atoms. The van der Waals surface area contributed by atoms with Crippen LogP contribution in [0.4, 0.5) is 5.82 Å². The maximum absolute atomic E-state index is 10.1. The maximum Gasteiger partial charge on any atom is 0.162 e. The summed E-state index contributed by atoms with van der Waals surface area (Å²) in [6.07, 6.45) is 3.57. The van der Waals surface area contributed by atoms with E-state index in [2.05, 4.69) is 32.1 Å². The number of likely N-dealkylation sites (tertiary alicyclic amines) is 1. The number of hydrogen-bond acceptors (Lipinski definition) is 8. The Hall–Kier alpha value is -2.59. The van der Waals surface area contributed by atoms with Gasteiger partial charge in [-0.3, -0.25) is 10.00 Å². The van der Waals surface area contributed by atoms with Crippen molar-refractivity contribution in [3.8, 4) is 11.4 Å². The molecule has 2 aliphatic heterocycles. The first-order chi connectivity index (χ1) is 15.7. The lowest BCUT2D eigenvalue weighted by Gasteiger charge is -2.29. The number of rotatable bonds is 4. The maximum atomic E-state index is 10.1. The van der Waals surface area contributed by atoms with Gasteiger partial charge >= 0.3 is 0 Å². The Bertz CT molecular complexity index is 1250. The van der Waals surface area contributed by atoms with Gasteiger partial charge in [0.1, 0.15) is 0 Å². The number of H-pyrrole nitrogens is 1. The van der Waals surface area contributed by atoms with Crippen LogP contribution < -0.4 is 4.90 Å². The fraction of sp³-hybridized carbons (Fsp3) is 0.435. The Balaban J connectivity index is 1.44. The smallest absolute Gasteiger partial charge is 0.162 e. The summed E-state index contributed by atoms with van der Waals surface area (Å²) in [6, 6.07) is 8.29. The van der Waals surface area contributed by atoms with E-state index in [1.54, 1.807) is 11.3 Å². The first kappa shape index (κ1) is 20.0. The number of aromatic nitrogens is 4. The molecule has 4 aromatic rings. The summed E-state index contributed by atoms with van der Waals surface area (Å²) in [7, 11) is 0. The third-order valence-corrected chi connectivity index (χ3v) is 7.41. The Morgan fingerprint density at radius 1 is 1.19 bits per heavy atom. The Kier molecular flexibility index (Phi) is 5.26. The minimum atomic E-state index is -0.219. The standard InChI is InChI=1S/C23H26N6O2S/c30-15-3-2-6-28(13-15)14-16-11-20-21(32-16)23(29-7-9-31-10-8-29)26-22(25-20)17-4-1-5-19-18(17)12-24-27-19/h1,4-5,11-12,15,30H,2-3,6-10,13-14H2,(H,24,27). The third-order valence-electron chi connectivity index (χ3n) is 6.30. The summed E-state index contributed by atoms with van der Waals surface area (Å²) in [4.78, 5) is 16.0. The molecule has 3 aromatic heterocycles. The predicted molar refractivity (Wildman–Crippen MR) is 126 cm³/mol. The molecule has 0 aliphatic carbocycles. The van der Waals surface area contributed by atoms with Crippen molar-refractivity contribution in [2.24, 2.45) is 0 Å². The number of aliphatic hydroxyl groups excluding tert-OH is 1. The van der Waals surface area contributed by atoms with Crippen LogP contribution in [0.1, 0.15) is 17.7 Å². The second-order valence-electron chi connectivity index (χ2n) is 8.57. The van der Waals surface area contributed by atoms with E-state index in [1.807, 2.05) is 18.3 Å². The van der Waals surface area contributed by atoms with Crippen molar-refractivity contribution in [3.05, 3.63) is 35.3 Å². The van der Waals surface area contributed by atoms with Crippen LogP contribution in [0, 0.1) is 0 Å². The summed E-state index contributed by atoms with van der Waals surface area (Å²) in [6.45, 7) is 5.68. The number of piperidine rings is 1. The molecule has 0 saturated carbocycles. The molecule has 8 nitrogen and oxygen atoms in total. The first-order valence-corrected chi connectivity index (χ1v) is 12.0. The Labute approximate surface area is 189 Å². The fourth-order valence-electron chi connectivity index (χ4n) is 4.71. The Morgan fingerprint density at radius 3 is 2.97 bits per heavy atom. The van der Waals surface area contributed by atoms with Crippen molar-refractivity contribution in [2.75, 3.05) is 44.3 Å². The average molecular weight is 451 g/mol. The van der Waals surface area contributed by atoms with Gasteiger partial charge in [0.25, 0.3) is 0 Å². The number of thiophene rings is 1. The SMILES string of the molecule is OC1CCCN(Cc2cc3nc(-c4cccc5[nH]ncc45)nc(N4CCOCC4)c3s2)C1. The molecule has 2 saturated heterocycles. The number of aliphatic hydroxyl groups is 1. The van der Waals surface area contributed by atoms with Crippen molar-refractivity contribution in [3.63, 3.8) is 0 Å². The molecule has 9 heteroatoms. The quantitative estimate of drug-likeness (QED) is 0.494. The lowest BCUT2D eigenvalue weighted by atomic mass is 10.1. The molecule has 0 radical (unpaired) electrons. The first-order valence-electron chi connectivity index (χ1n) is 11.2. The highest BCUT2D eigenvalue weighted by Gasteiger charge is 2.23. The van der Waals surface area contributed by atoms with Gasteiger partial charge < -0.3 is 14.7 Å². The van der Waals surface area contributed by atoms with Crippen LogP contribution in [0.3, 0.4) is 0 Å². The molecular formula is C23H26N6O2S. The molecule has 5 heterocycles. The van der Waals surface area contributed by atoms with Crippen LogP contribution in [-0.4, -0.2) is 75.7 Å². The number of nitrogens with zero attached hydrogens (tertiary/aromatic N) is 5. The topological polar surface area (TPSA) is 90.4 Å². The third kappa shape index (κ3) is 3.75. The molecule has 1 unspecified atom stereocenters. The molecule has 2 N–H and O–H groups in total. The highest BCUT2D eigenvalue weighted by molar-refractivity contribution is 7.19. The molecule has 166 valence electrons. The molecule has 32 heavy (non-hydrogen) atoms. The number of benzene rings is 1. The van der Waals surface area contributed by atoms with Crippen LogP contribution in [0.5, 0.6) is 0 Å². The normalized spacial score (nSPS) is 20.4. The van der Waals surface area contributed by atoms with Crippen molar-refractivity contribution >= 4 is 38.3 Å². The zero-order valence-electron chi connectivity index (χ0n) is 17.8. The number of aromatic amines is 1. The highest BCUT2D eigenvalue weighted by atomic mass is 32.1. The van der Waals surface area contributed by atoms with Crippen molar-refractivity contribution in [1.29, 1.82) is 0 Å². The van der Waals surface area contributed by atoms with Gasteiger partial charge in [-0.2, -0.15) is 5.10 Å². The van der Waals surface area contributed by atoms with Crippen molar-refractivity contribution < 1.29 is 9.84 Å². The number of ether oxygens (including phenoxy) is 1. The number of β-amino-alcohol motifs (C(OH)–C–C–N with tert-alkyl or cyclic N) is 1. The number of fused-ring (bicyclic) bond motifs is 2. The predicted octanol–water partition coefficient (Wildman–Crippen LogP) is 3.03. The van der Waals surface area contributed by atoms with Gasteiger partial charge in [-0.05, 0) is 31.5 Å². The van der Waals surface area contributed by atoms with E-state index in [-0.39, 0.29) is 6.10 Å². The van der Waals surface area contributed by atoms with E-state index in [9.17, 15) is 5.11 Å². The van der Waals surface area contributed by atoms with Gasteiger partial charge in [0, 0.05) is 42.0 Å². The molecule has 0 spiro atoms. The van der Waals surface area contributed by atoms with E-state index in [1.165, 1.54) is 4.88 Å². The van der Waals surface area contributed by atoms with Crippen LogP contribution in [-0.2, 0) is 11.3 Å². The molecule has 2 fully saturated rings. The largest absolute Gasteiger partial charge is 0.392 e. The fourth-order valence-corrected chi connectivity index (χ4v) is 5.87. The van der Waals surface area contributed by atoms with Crippen molar-refractivity contribution in [2.45, 2.75) is 25.5 Å². The van der Waals surface area contributed by atoms with Gasteiger partial charge in [0.15, 0.2) is 11.6 Å². The van der Waals surface area contributed by atoms with Crippen LogP contribution in [0.15, 0.2) is 30.5 Å². The van der Waals surface area contributed by atoms with Crippen molar-refractivity contribution in [1.82, 2.24) is 25.1 Å². The number of nitrogens with one attached hydrogen (secondary N) is 1. The van der Waals surface area contributed by atoms with E-state index >= 15 is 0 Å². The Morgan fingerprint density at radius 2 is 2.09 bits per heavy atom. The van der Waals surface area contributed by atoms with E-state index < -0.39 is 0 Å². The summed E-state index contributed by atoms with van der Waals surface area (Å²) < 4.78 is 6.71. The van der Waals surface area contributed by atoms with E-state index in [4.69, 9.17) is 14.7 Å². The summed E-state index contributed by atoms with van der Waals surface area (Å²) in [5.74, 6) is 1.72. The highest BCUT2D eigenvalue weighted by Crippen LogP contribution is 2.36. The second-order valence-corrected chi connectivity index (χ2v) is 9.70. The molecule has 1 aromatic carbocycles. The second kappa shape index (κ2) is 8.40. The number of morpholine rings is 1. The van der Waals surface area contributed by atoms with Gasteiger partial charge in [-0.1, -0.05) is 12.1 Å². The average Bonchev–Trinajstić information content (AvgIpc) is 3.45. The van der Waals surface area contributed by atoms with Gasteiger partial charge in [-0.25, -0.2) is 9.97 Å². The van der Waals surface area contributed by atoms with Gasteiger partial charge in [0.2, 0.25) is 0 Å². The summed E-state index contributed by atoms with van der Waals surface area (Å²) in [5.41, 5.74) is 2.95. The number of anilines is 1. The molecule has 1 atom stereocenters. The van der Waals surface area contributed by atoms with Crippen LogP contribution >= 0.6 is 11.3 Å². The molecule has 2 aliphatic rings. The zero-order valence-corrected chi connectivity index (χ0v) is 18.6. The lowest BCUT2D eigenvalue weighted by molar-refractivity contribution is 0.0674. The van der Waals surface area contributed by atoms with Crippen LogP contribution in [0.25, 0.3) is 32.5 Å². The number of hydrogen-bond donors (Lipinski definition) is 2. The monoisotopic (exact) mass is 450 g/mol. The van der Waals surface area contributed by atoms with E-state index in [0.29, 0.717) is 13.2 Å². The molecule has 6 rings (SSSR count). The minimum absolute atomic E-state index is 0.219. The zero-order chi connectivity index (χ0) is 21.5. The van der Waals surface area contributed by atoms with Crippen LogP contribution in [0.2, 0.25) is 0 Å². The molecular weight excluding hydrogens is 424 g/mol. The minimum Gasteiger partial charge on any atom is -0.392 e. The van der Waals surface area contributed by atoms with E-state index in [0.717, 1.165) is 83.9 Å².